The first-order valence-electron chi connectivity index (χ1n) is 7.88. The molecule has 0 amide bonds. The molecule has 0 aliphatic rings. The average Bonchev–Trinajstić information content (AvgIpc) is 3.10. The summed E-state index contributed by atoms with van der Waals surface area (Å²) in [6, 6.07) is 8.22. The van der Waals surface area contributed by atoms with Gasteiger partial charge in [-0.15, -0.1) is 11.3 Å². The lowest BCUT2D eigenvalue weighted by atomic mass is 10.1. The zero-order valence-electron chi connectivity index (χ0n) is 14.1. The van der Waals surface area contributed by atoms with Gasteiger partial charge in [-0.1, -0.05) is 11.8 Å². The Morgan fingerprint density at radius 3 is 2.92 bits per heavy atom. The van der Waals surface area contributed by atoms with Crippen molar-refractivity contribution in [2.45, 2.75) is 39.5 Å². The number of nitrogens with zero attached hydrogens (tertiary/aromatic N) is 2. The van der Waals surface area contributed by atoms with Crippen LogP contribution in [0.1, 0.15) is 34.9 Å². The molecule has 0 spiro atoms. The molecule has 3 aromatic heterocycles. The molecule has 24 heavy (non-hydrogen) atoms. The first-order valence-corrected chi connectivity index (χ1v) is 8.70. The SMILES string of the molecule is Cc1ccn2cc(CNCc3ccc(C#CC(C)(C)O)s3)nc2c1. The molecule has 4 nitrogen and oxygen atoms in total. The van der Waals surface area contributed by atoms with E-state index in [0.717, 1.165) is 29.3 Å². The fourth-order valence-corrected chi connectivity index (χ4v) is 3.12. The van der Waals surface area contributed by atoms with E-state index in [9.17, 15) is 5.11 Å². The van der Waals surface area contributed by atoms with Gasteiger partial charge in [0.05, 0.1) is 10.6 Å². The van der Waals surface area contributed by atoms with E-state index in [2.05, 4.69) is 53.5 Å². The van der Waals surface area contributed by atoms with Crippen molar-refractivity contribution in [1.29, 1.82) is 0 Å². The van der Waals surface area contributed by atoms with E-state index in [-0.39, 0.29) is 0 Å². The fourth-order valence-electron chi connectivity index (χ4n) is 2.29. The Labute approximate surface area is 146 Å². The predicted molar refractivity (Wildman–Crippen MR) is 98.0 cm³/mol. The highest BCUT2D eigenvalue weighted by atomic mass is 32.1. The molecular formula is C19H21N3OS. The number of pyridine rings is 1. The van der Waals surface area contributed by atoms with Gasteiger partial charge in [-0.2, -0.15) is 0 Å². The summed E-state index contributed by atoms with van der Waals surface area (Å²) in [5, 5.41) is 13.1. The third-order valence-electron chi connectivity index (χ3n) is 3.42. The topological polar surface area (TPSA) is 49.6 Å². The Hall–Kier alpha value is -2.13. The molecule has 0 saturated heterocycles. The summed E-state index contributed by atoms with van der Waals surface area (Å²) in [6.07, 6.45) is 4.09. The van der Waals surface area contributed by atoms with Crippen LogP contribution in [0.15, 0.2) is 36.7 Å². The smallest absolute Gasteiger partial charge is 0.137 e. The quantitative estimate of drug-likeness (QED) is 0.718. The maximum absolute atomic E-state index is 9.64. The van der Waals surface area contributed by atoms with Gasteiger partial charge < -0.3 is 14.8 Å². The molecule has 0 bridgehead atoms. The molecule has 0 unspecified atom stereocenters. The van der Waals surface area contributed by atoms with Crippen LogP contribution in [0.3, 0.4) is 0 Å². The molecule has 0 saturated carbocycles. The number of imidazole rings is 1. The molecule has 3 heterocycles. The lowest BCUT2D eigenvalue weighted by molar-refractivity contribution is 0.143. The molecular weight excluding hydrogens is 318 g/mol. The summed E-state index contributed by atoms with van der Waals surface area (Å²) in [5.74, 6) is 5.85. The highest BCUT2D eigenvalue weighted by Gasteiger charge is 2.06. The van der Waals surface area contributed by atoms with Gasteiger partial charge in [0.15, 0.2) is 0 Å². The van der Waals surface area contributed by atoms with Gasteiger partial charge in [0, 0.05) is 30.4 Å². The van der Waals surface area contributed by atoms with Crippen molar-refractivity contribution in [2.75, 3.05) is 0 Å². The summed E-state index contributed by atoms with van der Waals surface area (Å²) < 4.78 is 2.04. The average molecular weight is 339 g/mol. The fraction of sp³-hybridized carbons (Fsp3) is 0.316. The normalized spacial score (nSPS) is 11.5. The van der Waals surface area contributed by atoms with Gasteiger partial charge in [0.25, 0.3) is 0 Å². The van der Waals surface area contributed by atoms with Crippen LogP contribution in [0.2, 0.25) is 0 Å². The van der Waals surface area contributed by atoms with Gasteiger partial charge in [-0.3, -0.25) is 0 Å². The molecule has 124 valence electrons. The zero-order chi connectivity index (χ0) is 17.2. The molecule has 0 aliphatic heterocycles. The monoisotopic (exact) mass is 339 g/mol. The van der Waals surface area contributed by atoms with Crippen LogP contribution in [0.25, 0.3) is 5.65 Å². The van der Waals surface area contributed by atoms with Crippen LogP contribution in [0.4, 0.5) is 0 Å². The van der Waals surface area contributed by atoms with Crippen molar-refractivity contribution in [3.8, 4) is 11.8 Å². The predicted octanol–water partition coefficient (Wildman–Crippen LogP) is 3.12. The molecule has 0 aliphatic carbocycles. The van der Waals surface area contributed by atoms with Crippen molar-refractivity contribution in [1.82, 2.24) is 14.7 Å². The molecule has 0 aromatic carbocycles. The van der Waals surface area contributed by atoms with Crippen molar-refractivity contribution in [3.63, 3.8) is 0 Å². The number of aryl methyl sites for hydroxylation is 1. The molecule has 5 heteroatoms. The molecule has 0 radical (unpaired) electrons. The summed E-state index contributed by atoms with van der Waals surface area (Å²) in [5.41, 5.74) is 2.27. The minimum absolute atomic E-state index is 0.726. The van der Waals surface area contributed by atoms with Crippen LogP contribution in [-0.2, 0) is 13.1 Å². The van der Waals surface area contributed by atoms with E-state index in [4.69, 9.17) is 0 Å². The van der Waals surface area contributed by atoms with Crippen LogP contribution < -0.4 is 5.32 Å². The van der Waals surface area contributed by atoms with E-state index in [0.29, 0.717) is 0 Å². The van der Waals surface area contributed by atoms with E-state index in [1.54, 1.807) is 25.2 Å². The largest absolute Gasteiger partial charge is 0.378 e. The lowest BCUT2D eigenvalue weighted by Gasteiger charge is -2.05. The number of fused-ring (bicyclic) bond motifs is 1. The second-order valence-electron chi connectivity index (χ2n) is 6.38. The Morgan fingerprint density at radius 2 is 2.12 bits per heavy atom. The van der Waals surface area contributed by atoms with E-state index < -0.39 is 5.60 Å². The van der Waals surface area contributed by atoms with Gasteiger partial charge in [-0.25, -0.2) is 4.98 Å². The lowest BCUT2D eigenvalue weighted by Crippen LogP contribution is -2.14. The maximum atomic E-state index is 9.64. The Morgan fingerprint density at radius 1 is 1.29 bits per heavy atom. The van der Waals surface area contributed by atoms with Gasteiger partial charge >= 0.3 is 0 Å². The first kappa shape index (κ1) is 16.7. The third kappa shape index (κ3) is 4.45. The van der Waals surface area contributed by atoms with E-state index >= 15 is 0 Å². The Kier molecular flexibility index (Phi) is 4.72. The standard InChI is InChI=1S/C19H21N3OS/c1-14-7-9-22-13-15(21-18(22)10-14)11-20-12-17-5-4-16(24-17)6-8-19(2,3)23/h4-5,7,9-10,13,20,23H,11-12H2,1-3H3. The highest BCUT2D eigenvalue weighted by Crippen LogP contribution is 2.16. The van der Waals surface area contributed by atoms with Crippen LogP contribution in [0, 0.1) is 18.8 Å². The number of hydrogen-bond donors (Lipinski definition) is 2. The Bertz CT molecular complexity index is 906. The third-order valence-corrected chi connectivity index (χ3v) is 4.42. The zero-order valence-corrected chi connectivity index (χ0v) is 14.9. The van der Waals surface area contributed by atoms with Crippen molar-refractivity contribution < 1.29 is 5.11 Å². The first-order chi connectivity index (χ1) is 11.4. The number of thiophene rings is 1. The van der Waals surface area contributed by atoms with Crippen LogP contribution in [-0.4, -0.2) is 20.1 Å². The molecule has 2 N–H and O–H groups in total. The van der Waals surface area contributed by atoms with Gasteiger partial charge in [-0.05, 0) is 50.6 Å². The van der Waals surface area contributed by atoms with Gasteiger partial charge in [0.1, 0.15) is 11.2 Å². The molecule has 0 fully saturated rings. The van der Waals surface area contributed by atoms with Crippen LogP contribution in [0.5, 0.6) is 0 Å². The Balaban J connectivity index is 1.57. The number of aliphatic hydroxyl groups is 1. The summed E-state index contributed by atoms with van der Waals surface area (Å²) in [6.45, 7) is 6.95. The van der Waals surface area contributed by atoms with Crippen molar-refractivity contribution in [2.24, 2.45) is 0 Å². The van der Waals surface area contributed by atoms with Crippen molar-refractivity contribution in [3.05, 3.63) is 57.7 Å². The number of hydrogen-bond acceptors (Lipinski definition) is 4. The summed E-state index contributed by atoms with van der Waals surface area (Å²) in [7, 11) is 0. The second-order valence-corrected chi connectivity index (χ2v) is 7.55. The second kappa shape index (κ2) is 6.78. The van der Waals surface area contributed by atoms with Gasteiger partial charge in [0.2, 0.25) is 0 Å². The summed E-state index contributed by atoms with van der Waals surface area (Å²) >= 11 is 1.64. The number of rotatable bonds is 4. The molecule has 3 aromatic rings. The van der Waals surface area contributed by atoms with E-state index in [1.807, 2.05) is 16.7 Å². The summed E-state index contributed by atoms with van der Waals surface area (Å²) in [4.78, 5) is 6.81. The maximum Gasteiger partial charge on any atom is 0.137 e. The van der Waals surface area contributed by atoms with Crippen molar-refractivity contribution >= 4 is 17.0 Å². The number of aromatic nitrogens is 2. The molecule has 0 atom stereocenters. The number of nitrogens with one attached hydrogen (secondary N) is 1. The van der Waals surface area contributed by atoms with Crippen LogP contribution >= 0.6 is 11.3 Å². The molecule has 3 rings (SSSR count). The minimum Gasteiger partial charge on any atom is -0.378 e. The minimum atomic E-state index is -0.954. The highest BCUT2D eigenvalue weighted by molar-refractivity contribution is 7.12. The van der Waals surface area contributed by atoms with E-state index in [1.165, 1.54) is 10.4 Å².